The van der Waals surface area contributed by atoms with E-state index in [4.69, 9.17) is 13.9 Å². The molecule has 0 atom stereocenters. The van der Waals surface area contributed by atoms with Gasteiger partial charge in [0.25, 0.3) is 0 Å². The van der Waals surface area contributed by atoms with Crippen molar-refractivity contribution in [1.82, 2.24) is 4.98 Å². The van der Waals surface area contributed by atoms with Gasteiger partial charge in [0.15, 0.2) is 5.79 Å². The molecule has 1 fully saturated rings. The first-order chi connectivity index (χ1) is 11.1. The zero-order chi connectivity index (χ0) is 16.3. The number of hydrogen-bond donors (Lipinski definition) is 1. The van der Waals surface area contributed by atoms with E-state index in [1.54, 1.807) is 7.11 Å². The molecular formula is C18H23NO4. The first-order valence-corrected chi connectivity index (χ1v) is 8.07. The van der Waals surface area contributed by atoms with Crippen molar-refractivity contribution in [3.05, 3.63) is 35.7 Å². The van der Waals surface area contributed by atoms with Crippen LogP contribution in [0.1, 0.15) is 43.6 Å². The Morgan fingerprint density at radius 1 is 1.26 bits per heavy atom. The van der Waals surface area contributed by atoms with E-state index in [1.807, 2.05) is 31.2 Å². The van der Waals surface area contributed by atoms with E-state index in [1.165, 1.54) is 0 Å². The fraction of sp³-hybridized carbons (Fsp3) is 0.500. The van der Waals surface area contributed by atoms with E-state index in [9.17, 15) is 5.11 Å². The largest absolute Gasteiger partial charge is 0.497 e. The molecule has 0 spiro atoms. The quantitative estimate of drug-likeness (QED) is 0.849. The molecular weight excluding hydrogens is 294 g/mol. The second-order valence-corrected chi connectivity index (χ2v) is 6.05. The maximum Gasteiger partial charge on any atom is 0.226 e. The van der Waals surface area contributed by atoms with Crippen molar-refractivity contribution in [2.24, 2.45) is 0 Å². The number of ether oxygens (including phenoxy) is 2. The molecule has 23 heavy (non-hydrogen) atoms. The van der Waals surface area contributed by atoms with Crippen LogP contribution in [0, 0.1) is 6.92 Å². The molecule has 5 nitrogen and oxygen atoms in total. The van der Waals surface area contributed by atoms with Crippen LogP contribution >= 0.6 is 0 Å². The average Bonchev–Trinajstić information content (AvgIpc) is 2.95. The van der Waals surface area contributed by atoms with E-state index in [0.29, 0.717) is 24.5 Å². The van der Waals surface area contributed by atoms with E-state index < -0.39 is 5.79 Å². The summed E-state index contributed by atoms with van der Waals surface area (Å²) in [4.78, 5) is 4.51. The fourth-order valence-corrected chi connectivity index (χ4v) is 2.89. The molecule has 0 bridgehead atoms. The molecule has 5 heteroatoms. The maximum absolute atomic E-state index is 10.4. The normalized spacial score (nSPS) is 17.2. The maximum atomic E-state index is 10.4. The van der Waals surface area contributed by atoms with Crippen LogP contribution in [-0.4, -0.2) is 23.0 Å². The highest BCUT2D eigenvalue weighted by Crippen LogP contribution is 2.31. The predicted molar refractivity (Wildman–Crippen MR) is 86.1 cm³/mol. The minimum atomic E-state index is -1.01. The van der Waals surface area contributed by atoms with Gasteiger partial charge in [-0.2, -0.15) is 0 Å². The molecule has 1 aromatic heterocycles. The third-order valence-electron chi connectivity index (χ3n) is 4.32. The molecule has 1 aliphatic rings. The number of nitrogens with zero attached hydrogens (tertiary/aromatic N) is 1. The predicted octanol–water partition coefficient (Wildman–Crippen LogP) is 3.83. The summed E-state index contributed by atoms with van der Waals surface area (Å²) in [6, 6.07) is 7.58. The van der Waals surface area contributed by atoms with E-state index >= 15 is 0 Å². The zero-order valence-electron chi connectivity index (χ0n) is 13.7. The van der Waals surface area contributed by atoms with Gasteiger partial charge in [0, 0.05) is 18.4 Å². The number of benzene rings is 1. The minimum Gasteiger partial charge on any atom is -0.497 e. The lowest BCUT2D eigenvalue weighted by Gasteiger charge is -2.31. The van der Waals surface area contributed by atoms with E-state index in [0.717, 1.165) is 36.3 Å². The monoisotopic (exact) mass is 317 g/mol. The molecule has 0 aliphatic heterocycles. The Bertz CT molecular complexity index is 659. The summed E-state index contributed by atoms with van der Waals surface area (Å²) in [6.45, 7) is 2.12. The van der Waals surface area contributed by atoms with Crippen molar-refractivity contribution in [1.29, 1.82) is 0 Å². The van der Waals surface area contributed by atoms with Crippen molar-refractivity contribution in [3.63, 3.8) is 0 Å². The zero-order valence-corrected chi connectivity index (χ0v) is 13.7. The molecule has 2 aromatic rings. The Hall–Kier alpha value is -1.85. The van der Waals surface area contributed by atoms with Crippen LogP contribution in [0.5, 0.6) is 5.75 Å². The Balaban J connectivity index is 1.73. The molecule has 0 unspecified atom stereocenters. The summed E-state index contributed by atoms with van der Waals surface area (Å²) < 4.78 is 16.7. The average molecular weight is 317 g/mol. The summed E-state index contributed by atoms with van der Waals surface area (Å²) in [5.41, 5.74) is 1.58. The van der Waals surface area contributed by atoms with E-state index in [-0.39, 0.29) is 6.61 Å². The third kappa shape index (κ3) is 3.74. The molecule has 1 saturated carbocycles. The van der Waals surface area contributed by atoms with Gasteiger partial charge in [-0.05, 0) is 38.0 Å². The summed E-state index contributed by atoms with van der Waals surface area (Å²) in [6.07, 6.45) is 4.54. The Morgan fingerprint density at radius 3 is 2.78 bits per heavy atom. The summed E-state index contributed by atoms with van der Waals surface area (Å²) >= 11 is 0. The van der Waals surface area contributed by atoms with Crippen LogP contribution in [0.15, 0.2) is 28.7 Å². The van der Waals surface area contributed by atoms with Crippen molar-refractivity contribution in [2.45, 2.75) is 51.4 Å². The SMILES string of the molecule is COc1cccc(-c2nc(COC3(O)CCCCC3)c(C)o2)c1. The number of hydrogen-bond acceptors (Lipinski definition) is 5. The standard InChI is InChI=1S/C18H23NO4/c1-13-16(12-22-18(20)9-4-3-5-10-18)19-17(23-13)14-7-6-8-15(11-14)21-2/h6-8,11,20H,3-5,9-10,12H2,1-2H3. The Morgan fingerprint density at radius 2 is 2.04 bits per heavy atom. The van der Waals surface area contributed by atoms with Gasteiger partial charge in [0.05, 0.1) is 13.7 Å². The van der Waals surface area contributed by atoms with Gasteiger partial charge in [-0.1, -0.05) is 12.5 Å². The molecule has 124 valence electrons. The second kappa shape index (κ2) is 6.72. The molecule has 0 radical (unpaired) electrons. The number of rotatable bonds is 5. The number of oxazole rings is 1. The smallest absolute Gasteiger partial charge is 0.226 e. The highest BCUT2D eigenvalue weighted by atomic mass is 16.6. The van der Waals surface area contributed by atoms with Crippen LogP contribution in [0.3, 0.4) is 0 Å². The van der Waals surface area contributed by atoms with Crippen molar-refractivity contribution in [3.8, 4) is 17.2 Å². The van der Waals surface area contributed by atoms with Gasteiger partial charge >= 0.3 is 0 Å². The van der Waals surface area contributed by atoms with Crippen LogP contribution in [-0.2, 0) is 11.3 Å². The molecule has 1 heterocycles. The van der Waals surface area contributed by atoms with Crippen molar-refractivity contribution in [2.75, 3.05) is 7.11 Å². The van der Waals surface area contributed by atoms with Crippen LogP contribution in [0.2, 0.25) is 0 Å². The Kier molecular flexibility index (Phi) is 4.68. The number of aromatic nitrogens is 1. The van der Waals surface area contributed by atoms with Crippen LogP contribution in [0.25, 0.3) is 11.5 Å². The highest BCUT2D eigenvalue weighted by Gasteiger charge is 2.30. The lowest BCUT2D eigenvalue weighted by molar-refractivity contribution is -0.227. The van der Waals surface area contributed by atoms with Crippen molar-refractivity contribution >= 4 is 0 Å². The van der Waals surface area contributed by atoms with E-state index in [2.05, 4.69) is 4.98 Å². The fourth-order valence-electron chi connectivity index (χ4n) is 2.89. The number of methoxy groups -OCH3 is 1. The topological polar surface area (TPSA) is 64.7 Å². The third-order valence-corrected chi connectivity index (χ3v) is 4.32. The van der Waals surface area contributed by atoms with Gasteiger partial charge in [0.1, 0.15) is 17.2 Å². The Labute approximate surface area is 136 Å². The summed E-state index contributed by atoms with van der Waals surface area (Å²) in [7, 11) is 1.63. The second-order valence-electron chi connectivity index (χ2n) is 6.05. The van der Waals surface area contributed by atoms with Crippen LogP contribution < -0.4 is 4.74 Å². The van der Waals surface area contributed by atoms with Gasteiger partial charge in [0.2, 0.25) is 5.89 Å². The first-order valence-electron chi connectivity index (χ1n) is 8.07. The molecule has 1 aliphatic carbocycles. The van der Waals surface area contributed by atoms with Crippen LogP contribution in [0.4, 0.5) is 0 Å². The number of aliphatic hydroxyl groups is 1. The van der Waals surface area contributed by atoms with Gasteiger partial charge in [-0.15, -0.1) is 0 Å². The van der Waals surface area contributed by atoms with Gasteiger partial charge in [-0.3, -0.25) is 0 Å². The molecule has 3 rings (SSSR count). The molecule has 0 saturated heterocycles. The molecule has 1 N–H and O–H groups in total. The number of aryl methyl sites for hydroxylation is 1. The highest BCUT2D eigenvalue weighted by molar-refractivity contribution is 5.56. The molecule has 1 aromatic carbocycles. The minimum absolute atomic E-state index is 0.260. The summed E-state index contributed by atoms with van der Waals surface area (Å²) in [5, 5.41) is 10.4. The lowest BCUT2D eigenvalue weighted by atomic mass is 9.94. The molecule has 0 amide bonds. The van der Waals surface area contributed by atoms with Crippen molar-refractivity contribution < 1.29 is 19.0 Å². The van der Waals surface area contributed by atoms with Gasteiger partial charge < -0.3 is 19.0 Å². The van der Waals surface area contributed by atoms with Gasteiger partial charge in [-0.25, -0.2) is 4.98 Å². The first kappa shape index (κ1) is 16.0. The summed E-state index contributed by atoms with van der Waals surface area (Å²) in [5.74, 6) is 0.991. The lowest BCUT2D eigenvalue weighted by Crippen LogP contribution is -2.34.